The minimum absolute atomic E-state index is 0.0265. The molecule has 4 rings (SSSR count). The van der Waals surface area contributed by atoms with E-state index in [2.05, 4.69) is 15.2 Å². The topological polar surface area (TPSA) is 89.6 Å². The Morgan fingerprint density at radius 3 is 2.73 bits per heavy atom. The zero-order valence-corrected chi connectivity index (χ0v) is 17.6. The smallest absolute Gasteiger partial charge is 0.409 e. The van der Waals surface area contributed by atoms with Gasteiger partial charge in [0.2, 0.25) is 0 Å². The lowest BCUT2D eigenvalue weighted by atomic mass is 10.0. The number of nitrogens with one attached hydrogen (secondary N) is 1. The Hall–Kier alpha value is -3.00. The average Bonchev–Trinajstić information content (AvgIpc) is 3.03. The van der Waals surface area contributed by atoms with E-state index in [-0.39, 0.29) is 23.6 Å². The number of carbonyl (C=O) groups excluding carboxylic acids is 1. The fraction of sp³-hybridized carbons (Fsp3) is 0.381. The number of rotatable bonds is 4. The SMILES string of the molecule is CC(C)NC(=O)Oc1cnc(N2CCC(n3c(=O)oc4ccccc43)CC2)c(Cl)c1. The maximum absolute atomic E-state index is 12.3. The summed E-state index contributed by atoms with van der Waals surface area (Å²) in [6.45, 7) is 5.08. The van der Waals surface area contributed by atoms with E-state index >= 15 is 0 Å². The number of para-hydroxylation sites is 2. The molecule has 1 saturated heterocycles. The second-order valence-corrected chi connectivity index (χ2v) is 8.00. The molecule has 3 heterocycles. The number of aromatic nitrogens is 2. The standard InChI is InChI=1S/C21H23ClN4O4/c1-13(2)24-20(27)29-15-11-16(22)19(23-12-15)25-9-7-14(8-10-25)26-17-5-3-4-6-18(17)30-21(26)28/h3-6,11-14H,7-10H2,1-2H3,(H,24,27). The van der Waals surface area contributed by atoms with Crippen molar-refractivity contribution in [3.05, 3.63) is 52.1 Å². The van der Waals surface area contributed by atoms with Gasteiger partial charge in [-0.2, -0.15) is 0 Å². The molecular weight excluding hydrogens is 408 g/mol. The Kier molecular flexibility index (Phi) is 5.67. The van der Waals surface area contributed by atoms with Crippen molar-refractivity contribution in [2.45, 2.75) is 38.8 Å². The summed E-state index contributed by atoms with van der Waals surface area (Å²) in [5.41, 5.74) is 1.42. The van der Waals surface area contributed by atoms with Gasteiger partial charge in [-0.25, -0.2) is 14.6 Å². The molecule has 3 aromatic rings. The van der Waals surface area contributed by atoms with Crippen molar-refractivity contribution in [2.24, 2.45) is 0 Å². The number of nitrogens with zero attached hydrogens (tertiary/aromatic N) is 3. The predicted octanol–water partition coefficient (Wildman–Crippen LogP) is 3.98. The van der Waals surface area contributed by atoms with Gasteiger partial charge in [0.25, 0.3) is 0 Å². The minimum atomic E-state index is -0.547. The van der Waals surface area contributed by atoms with E-state index in [0.29, 0.717) is 29.5 Å². The Morgan fingerprint density at radius 2 is 2.03 bits per heavy atom. The fourth-order valence-electron chi connectivity index (χ4n) is 3.74. The molecule has 0 unspecified atom stereocenters. The van der Waals surface area contributed by atoms with Crippen LogP contribution in [0.2, 0.25) is 5.02 Å². The second kappa shape index (κ2) is 8.39. The normalized spacial score (nSPS) is 15.0. The van der Waals surface area contributed by atoms with Gasteiger partial charge in [-0.15, -0.1) is 0 Å². The molecule has 0 atom stereocenters. The summed E-state index contributed by atoms with van der Waals surface area (Å²) in [7, 11) is 0. The first kappa shape index (κ1) is 20.3. The molecule has 9 heteroatoms. The van der Waals surface area contributed by atoms with Gasteiger partial charge < -0.3 is 19.4 Å². The van der Waals surface area contributed by atoms with Crippen LogP contribution in [0.15, 0.2) is 45.7 Å². The number of piperidine rings is 1. The summed E-state index contributed by atoms with van der Waals surface area (Å²) in [6.07, 6.45) is 2.46. The van der Waals surface area contributed by atoms with Gasteiger partial charge in [-0.1, -0.05) is 23.7 Å². The van der Waals surface area contributed by atoms with E-state index in [9.17, 15) is 9.59 Å². The van der Waals surface area contributed by atoms with Crippen molar-refractivity contribution in [1.82, 2.24) is 14.9 Å². The molecule has 0 aliphatic carbocycles. The zero-order chi connectivity index (χ0) is 21.3. The minimum Gasteiger partial charge on any atom is -0.409 e. The van der Waals surface area contributed by atoms with Crippen LogP contribution in [0.5, 0.6) is 5.75 Å². The van der Waals surface area contributed by atoms with Gasteiger partial charge in [0, 0.05) is 31.2 Å². The van der Waals surface area contributed by atoms with Crippen molar-refractivity contribution < 1.29 is 13.9 Å². The average molecular weight is 431 g/mol. The van der Waals surface area contributed by atoms with Crippen LogP contribution < -0.4 is 20.7 Å². The van der Waals surface area contributed by atoms with Gasteiger partial charge in [0.15, 0.2) is 11.3 Å². The first-order valence-corrected chi connectivity index (χ1v) is 10.3. The van der Waals surface area contributed by atoms with Crippen LogP contribution in [0, 0.1) is 0 Å². The highest BCUT2D eigenvalue weighted by molar-refractivity contribution is 6.33. The molecule has 1 aliphatic rings. The summed E-state index contributed by atoms with van der Waals surface area (Å²) in [4.78, 5) is 30.5. The van der Waals surface area contributed by atoms with E-state index in [1.807, 2.05) is 32.0 Å². The summed E-state index contributed by atoms with van der Waals surface area (Å²) in [5.74, 6) is 0.594. The van der Waals surface area contributed by atoms with Gasteiger partial charge in [0.1, 0.15) is 5.82 Å². The highest BCUT2D eigenvalue weighted by Gasteiger charge is 2.26. The third-order valence-electron chi connectivity index (χ3n) is 5.06. The monoisotopic (exact) mass is 430 g/mol. The van der Waals surface area contributed by atoms with Crippen molar-refractivity contribution in [1.29, 1.82) is 0 Å². The number of hydrogen-bond acceptors (Lipinski definition) is 6. The highest BCUT2D eigenvalue weighted by Crippen LogP contribution is 2.32. The number of halogens is 1. The molecule has 0 spiro atoms. The Bertz CT molecular complexity index is 1120. The molecule has 1 N–H and O–H groups in total. The number of ether oxygens (including phenoxy) is 1. The van der Waals surface area contributed by atoms with Crippen molar-refractivity contribution >= 4 is 34.6 Å². The van der Waals surface area contributed by atoms with E-state index in [1.54, 1.807) is 16.7 Å². The van der Waals surface area contributed by atoms with Crippen LogP contribution >= 0.6 is 11.6 Å². The van der Waals surface area contributed by atoms with Crippen molar-refractivity contribution in [2.75, 3.05) is 18.0 Å². The van der Waals surface area contributed by atoms with Gasteiger partial charge >= 0.3 is 11.8 Å². The predicted molar refractivity (Wildman–Crippen MR) is 115 cm³/mol. The third-order valence-corrected chi connectivity index (χ3v) is 5.34. The Balaban J connectivity index is 1.44. The quantitative estimate of drug-likeness (QED) is 0.673. The van der Waals surface area contributed by atoms with Crippen LogP contribution in [0.4, 0.5) is 10.6 Å². The van der Waals surface area contributed by atoms with E-state index in [0.717, 1.165) is 18.4 Å². The number of amides is 1. The molecule has 1 aromatic carbocycles. The zero-order valence-electron chi connectivity index (χ0n) is 16.8. The lowest BCUT2D eigenvalue weighted by molar-refractivity contribution is 0.197. The van der Waals surface area contributed by atoms with Crippen LogP contribution in [-0.4, -0.2) is 34.8 Å². The molecule has 30 heavy (non-hydrogen) atoms. The molecular formula is C21H23ClN4O4. The van der Waals surface area contributed by atoms with E-state index in [4.69, 9.17) is 20.8 Å². The lowest BCUT2D eigenvalue weighted by Crippen LogP contribution is -2.37. The number of fused-ring (bicyclic) bond motifs is 1. The molecule has 1 fully saturated rings. The molecule has 1 aliphatic heterocycles. The Labute approximate surface area is 178 Å². The van der Waals surface area contributed by atoms with Gasteiger partial charge in [0.05, 0.1) is 16.7 Å². The molecule has 1 amide bonds. The maximum Gasteiger partial charge on any atom is 0.420 e. The Morgan fingerprint density at radius 1 is 1.30 bits per heavy atom. The molecule has 0 bridgehead atoms. The highest BCUT2D eigenvalue weighted by atomic mass is 35.5. The fourth-order valence-corrected chi connectivity index (χ4v) is 4.02. The van der Waals surface area contributed by atoms with Gasteiger partial charge in [-0.05, 0) is 38.8 Å². The first-order valence-electron chi connectivity index (χ1n) is 9.91. The van der Waals surface area contributed by atoms with E-state index < -0.39 is 6.09 Å². The molecule has 158 valence electrons. The van der Waals surface area contributed by atoms with Crippen LogP contribution in [0.25, 0.3) is 11.1 Å². The molecule has 0 radical (unpaired) electrons. The largest absolute Gasteiger partial charge is 0.420 e. The second-order valence-electron chi connectivity index (χ2n) is 7.59. The number of oxazole rings is 1. The summed E-state index contributed by atoms with van der Waals surface area (Å²) in [6, 6.07) is 9.07. The van der Waals surface area contributed by atoms with Crippen molar-refractivity contribution in [3.8, 4) is 5.75 Å². The first-order chi connectivity index (χ1) is 14.4. The van der Waals surface area contributed by atoms with Crippen LogP contribution in [0.1, 0.15) is 32.7 Å². The van der Waals surface area contributed by atoms with Crippen LogP contribution in [-0.2, 0) is 0 Å². The third kappa shape index (κ3) is 4.14. The van der Waals surface area contributed by atoms with Crippen LogP contribution in [0.3, 0.4) is 0 Å². The number of carbonyl (C=O) groups is 1. The molecule has 8 nitrogen and oxygen atoms in total. The van der Waals surface area contributed by atoms with Crippen molar-refractivity contribution in [3.63, 3.8) is 0 Å². The number of pyridine rings is 1. The number of benzene rings is 1. The summed E-state index contributed by atoms with van der Waals surface area (Å²) >= 11 is 6.41. The van der Waals surface area contributed by atoms with E-state index in [1.165, 1.54) is 6.20 Å². The maximum atomic E-state index is 12.3. The van der Waals surface area contributed by atoms with Gasteiger partial charge in [-0.3, -0.25) is 4.57 Å². The number of hydrogen-bond donors (Lipinski definition) is 1. The summed E-state index contributed by atoms with van der Waals surface area (Å²) < 4.78 is 12.3. The summed E-state index contributed by atoms with van der Waals surface area (Å²) in [5, 5.41) is 3.06. The molecule has 0 saturated carbocycles. The molecule has 2 aromatic heterocycles. The number of anilines is 1. The lowest BCUT2D eigenvalue weighted by Gasteiger charge is -2.33.